The van der Waals surface area contributed by atoms with Gasteiger partial charge in [-0.1, -0.05) is 23.2 Å². The summed E-state index contributed by atoms with van der Waals surface area (Å²) < 4.78 is 2.11. The SMILES string of the molecule is C[C@H](c1cc(Cl)cc(Cl)c1)n1[nH]c(-c2ccncc2)c2cc3ncnc3cc21. The summed E-state index contributed by atoms with van der Waals surface area (Å²) in [6.07, 6.45) is 5.16. The Labute approximate surface area is 171 Å². The summed E-state index contributed by atoms with van der Waals surface area (Å²) in [5, 5.41) is 5.85. The van der Waals surface area contributed by atoms with E-state index in [-0.39, 0.29) is 6.04 Å². The third-order valence-corrected chi connectivity index (χ3v) is 5.41. The number of imidazole rings is 1. The van der Waals surface area contributed by atoms with Crippen molar-refractivity contribution in [1.82, 2.24) is 24.7 Å². The number of pyridine rings is 1. The highest BCUT2D eigenvalue weighted by Gasteiger charge is 2.18. The second-order valence-electron chi connectivity index (χ2n) is 6.70. The Hall–Kier alpha value is -2.89. The molecule has 0 saturated heterocycles. The molecule has 7 heteroatoms. The summed E-state index contributed by atoms with van der Waals surface area (Å²) in [6, 6.07) is 13.7. The number of aromatic nitrogens is 5. The van der Waals surface area contributed by atoms with Gasteiger partial charge in [-0.2, -0.15) is 0 Å². The molecule has 1 N–H and O–H groups in total. The Morgan fingerprint density at radius 2 is 1.61 bits per heavy atom. The lowest BCUT2D eigenvalue weighted by Gasteiger charge is -2.16. The first-order chi connectivity index (χ1) is 13.6. The van der Waals surface area contributed by atoms with E-state index in [0.29, 0.717) is 10.0 Å². The van der Waals surface area contributed by atoms with E-state index in [1.807, 2.05) is 24.3 Å². The Kier molecular flexibility index (Phi) is 4.07. The van der Waals surface area contributed by atoms with Crippen molar-refractivity contribution in [2.24, 2.45) is 0 Å². The van der Waals surface area contributed by atoms with Gasteiger partial charge in [0.25, 0.3) is 0 Å². The molecule has 5 aromatic rings. The zero-order valence-electron chi connectivity index (χ0n) is 14.9. The molecule has 0 saturated carbocycles. The molecule has 138 valence electrons. The number of fused-ring (bicyclic) bond motifs is 2. The van der Waals surface area contributed by atoms with Crippen molar-refractivity contribution >= 4 is 45.1 Å². The van der Waals surface area contributed by atoms with Crippen molar-refractivity contribution in [3.63, 3.8) is 0 Å². The Balaban J connectivity index is 1.78. The van der Waals surface area contributed by atoms with Gasteiger partial charge in [0, 0.05) is 33.4 Å². The van der Waals surface area contributed by atoms with Crippen LogP contribution in [-0.4, -0.2) is 24.7 Å². The van der Waals surface area contributed by atoms with Gasteiger partial charge in [-0.3, -0.25) is 14.8 Å². The summed E-state index contributed by atoms with van der Waals surface area (Å²) in [6.45, 7) is 2.11. The summed E-state index contributed by atoms with van der Waals surface area (Å²) in [7, 11) is 0. The maximum Gasteiger partial charge on any atom is 0.116 e. The van der Waals surface area contributed by atoms with Gasteiger partial charge in [0.15, 0.2) is 0 Å². The molecule has 0 unspecified atom stereocenters. The lowest BCUT2D eigenvalue weighted by Crippen LogP contribution is -2.08. The molecule has 0 bridgehead atoms. The van der Waals surface area contributed by atoms with E-state index in [1.165, 1.54) is 0 Å². The first-order valence-electron chi connectivity index (χ1n) is 8.81. The molecule has 0 amide bonds. The molecule has 0 fully saturated rings. The van der Waals surface area contributed by atoms with Crippen LogP contribution in [-0.2, 0) is 0 Å². The molecule has 1 atom stereocenters. The third-order valence-electron chi connectivity index (χ3n) is 4.97. The van der Waals surface area contributed by atoms with E-state index in [9.17, 15) is 0 Å². The van der Waals surface area contributed by atoms with Crippen molar-refractivity contribution in [2.45, 2.75) is 13.0 Å². The van der Waals surface area contributed by atoms with Crippen LogP contribution in [0.2, 0.25) is 10.0 Å². The average molecular weight is 408 g/mol. The van der Waals surface area contributed by atoms with E-state index in [1.54, 1.807) is 24.8 Å². The van der Waals surface area contributed by atoms with Gasteiger partial charge in [0.2, 0.25) is 0 Å². The minimum Gasteiger partial charge on any atom is -0.297 e. The van der Waals surface area contributed by atoms with Crippen LogP contribution in [0.4, 0.5) is 0 Å². The summed E-state index contributed by atoms with van der Waals surface area (Å²) in [5.41, 5.74) is 5.82. The first kappa shape index (κ1) is 17.2. The van der Waals surface area contributed by atoms with Crippen LogP contribution >= 0.6 is 23.2 Å². The number of nitrogens with zero attached hydrogens (tertiary/aromatic N) is 4. The summed E-state index contributed by atoms with van der Waals surface area (Å²) in [4.78, 5) is 12.8. The fourth-order valence-corrected chi connectivity index (χ4v) is 4.12. The van der Waals surface area contributed by atoms with Gasteiger partial charge in [-0.15, -0.1) is 0 Å². The average Bonchev–Trinajstić information content (AvgIpc) is 3.29. The van der Waals surface area contributed by atoms with E-state index >= 15 is 0 Å². The number of nitrogens with one attached hydrogen (secondary N) is 1. The van der Waals surface area contributed by atoms with E-state index in [4.69, 9.17) is 23.2 Å². The Morgan fingerprint density at radius 1 is 0.929 bits per heavy atom. The van der Waals surface area contributed by atoms with Crippen LogP contribution in [0.1, 0.15) is 18.5 Å². The molecule has 3 heterocycles. The zero-order valence-corrected chi connectivity index (χ0v) is 16.4. The molecule has 0 aliphatic rings. The first-order valence-corrected chi connectivity index (χ1v) is 9.57. The van der Waals surface area contributed by atoms with E-state index in [2.05, 4.69) is 43.8 Å². The highest BCUT2D eigenvalue weighted by molar-refractivity contribution is 6.34. The maximum atomic E-state index is 6.24. The quantitative estimate of drug-likeness (QED) is 0.405. The molecular weight excluding hydrogens is 393 g/mol. The van der Waals surface area contributed by atoms with Gasteiger partial charge >= 0.3 is 0 Å². The normalized spacial score (nSPS) is 12.7. The van der Waals surface area contributed by atoms with Crippen LogP contribution in [0, 0.1) is 0 Å². The minimum absolute atomic E-state index is 0.0188. The Bertz CT molecular complexity index is 1290. The monoisotopic (exact) mass is 407 g/mol. The summed E-state index contributed by atoms with van der Waals surface area (Å²) in [5.74, 6) is 0. The molecule has 5 rings (SSSR count). The highest BCUT2D eigenvalue weighted by Crippen LogP contribution is 2.34. The number of rotatable bonds is 3. The third kappa shape index (κ3) is 2.84. The molecule has 0 spiro atoms. The van der Waals surface area contributed by atoms with Gasteiger partial charge in [-0.05, 0) is 55.0 Å². The van der Waals surface area contributed by atoms with Crippen molar-refractivity contribution in [1.29, 1.82) is 0 Å². The number of benzene rings is 2. The van der Waals surface area contributed by atoms with Gasteiger partial charge in [0.1, 0.15) is 6.33 Å². The predicted molar refractivity (Wildman–Crippen MR) is 113 cm³/mol. The highest BCUT2D eigenvalue weighted by atomic mass is 35.5. The molecule has 2 aromatic carbocycles. The zero-order chi connectivity index (χ0) is 19.3. The number of halogens is 2. The number of hydrogen-bond acceptors (Lipinski definition) is 3. The second-order valence-corrected chi connectivity index (χ2v) is 7.58. The van der Waals surface area contributed by atoms with Gasteiger partial charge in [0.05, 0.1) is 28.3 Å². The lowest BCUT2D eigenvalue weighted by atomic mass is 10.1. The number of hydrogen-bond donors (Lipinski definition) is 1. The molecule has 0 radical (unpaired) electrons. The second kappa shape index (κ2) is 6.62. The number of H-pyrrole nitrogens is 1. The van der Waals surface area contributed by atoms with Crippen LogP contribution < -0.4 is 0 Å². The molecule has 0 aliphatic carbocycles. The topological polar surface area (TPSA) is 59.4 Å². The van der Waals surface area contributed by atoms with E-state index in [0.717, 1.165) is 38.8 Å². The molecular formula is C21H15Cl2N5. The van der Waals surface area contributed by atoms with Crippen molar-refractivity contribution in [2.75, 3.05) is 0 Å². The minimum atomic E-state index is -0.0188. The van der Waals surface area contributed by atoms with Gasteiger partial charge in [-0.25, -0.2) is 9.97 Å². The Morgan fingerprint density at radius 3 is 2.32 bits per heavy atom. The van der Waals surface area contributed by atoms with Gasteiger partial charge < -0.3 is 0 Å². The van der Waals surface area contributed by atoms with Crippen molar-refractivity contribution < 1.29 is 0 Å². The van der Waals surface area contributed by atoms with Crippen LogP contribution in [0.15, 0.2) is 61.2 Å². The molecule has 3 aromatic heterocycles. The summed E-state index contributed by atoms with van der Waals surface area (Å²) >= 11 is 12.5. The predicted octanol–water partition coefficient (Wildman–Crippen LogP) is 5.89. The molecule has 28 heavy (non-hydrogen) atoms. The maximum absolute atomic E-state index is 6.24. The smallest absolute Gasteiger partial charge is 0.116 e. The van der Waals surface area contributed by atoms with Crippen molar-refractivity contribution in [3.8, 4) is 11.3 Å². The van der Waals surface area contributed by atoms with Crippen LogP contribution in [0.3, 0.4) is 0 Å². The van der Waals surface area contributed by atoms with Crippen molar-refractivity contribution in [3.05, 3.63) is 76.8 Å². The fraction of sp³-hybridized carbons (Fsp3) is 0.0952. The van der Waals surface area contributed by atoms with E-state index < -0.39 is 0 Å². The standard InChI is InChI=1S/C21H15Cl2N5/c1-12(14-6-15(22)8-16(23)7-14)28-20-10-19-18(25-11-26-19)9-17(20)21(27-28)13-2-4-24-5-3-13/h2-12,27H,1H3/t12-/m1/s1. The number of aromatic amines is 1. The molecule has 5 nitrogen and oxygen atoms in total. The fourth-order valence-electron chi connectivity index (χ4n) is 3.58. The van der Waals surface area contributed by atoms with Crippen LogP contribution in [0.25, 0.3) is 33.2 Å². The lowest BCUT2D eigenvalue weighted by molar-refractivity contribution is 0.586. The van der Waals surface area contributed by atoms with Crippen LogP contribution in [0.5, 0.6) is 0 Å². The largest absolute Gasteiger partial charge is 0.297 e. The molecule has 0 aliphatic heterocycles.